The smallest absolute Gasteiger partial charge is 0.125 e. The molecule has 1 aliphatic heterocycles. The number of hydrogen-bond donors (Lipinski definition) is 1. The third-order valence-corrected chi connectivity index (χ3v) is 3.45. The average Bonchev–Trinajstić information content (AvgIpc) is 2.29. The monoisotopic (exact) mass is 236 g/mol. The van der Waals surface area contributed by atoms with Crippen molar-refractivity contribution < 1.29 is 4.39 Å². The summed E-state index contributed by atoms with van der Waals surface area (Å²) in [6.45, 7) is 5.29. The molecule has 1 aromatic rings. The van der Waals surface area contributed by atoms with Crippen LogP contribution in [0.25, 0.3) is 0 Å². The second kappa shape index (κ2) is 6.01. The molecule has 2 rings (SSSR count). The largest absolute Gasteiger partial charge is 0.371 e. The van der Waals surface area contributed by atoms with E-state index in [2.05, 4.69) is 17.1 Å². The number of nitrogens with one attached hydrogen (secondary N) is 1. The summed E-state index contributed by atoms with van der Waals surface area (Å²) < 4.78 is 13.2. The fourth-order valence-electron chi connectivity index (χ4n) is 2.38. The molecule has 1 saturated heterocycles. The molecule has 1 fully saturated rings. The summed E-state index contributed by atoms with van der Waals surface area (Å²) in [6, 6.07) is 7.53. The van der Waals surface area contributed by atoms with Gasteiger partial charge in [0, 0.05) is 24.8 Å². The Morgan fingerprint density at radius 3 is 3.06 bits per heavy atom. The van der Waals surface area contributed by atoms with Crippen LogP contribution < -0.4 is 10.2 Å². The van der Waals surface area contributed by atoms with Gasteiger partial charge in [0.2, 0.25) is 0 Å². The van der Waals surface area contributed by atoms with Crippen LogP contribution in [0.1, 0.15) is 26.2 Å². The molecule has 1 aliphatic rings. The van der Waals surface area contributed by atoms with Crippen molar-refractivity contribution in [3.8, 4) is 0 Å². The number of halogens is 1. The molecule has 0 amide bonds. The van der Waals surface area contributed by atoms with Crippen LogP contribution in [0.15, 0.2) is 24.3 Å². The number of nitrogens with zero attached hydrogens (tertiary/aromatic N) is 1. The lowest BCUT2D eigenvalue weighted by Gasteiger charge is -2.30. The lowest BCUT2D eigenvalue weighted by Crippen LogP contribution is -2.39. The van der Waals surface area contributed by atoms with E-state index in [4.69, 9.17) is 0 Å². The standard InChI is InChI=1S/C14H21FN2/c1-2-13-7-10-17(9-4-8-16-13)14-6-3-5-12(15)11-14/h3,5-6,11,13,16H,2,4,7-10H2,1H3. The van der Waals surface area contributed by atoms with Gasteiger partial charge >= 0.3 is 0 Å². The second-order valence-corrected chi connectivity index (χ2v) is 4.67. The summed E-state index contributed by atoms with van der Waals surface area (Å²) in [5.41, 5.74) is 1.02. The Bertz CT molecular complexity index is 354. The van der Waals surface area contributed by atoms with Crippen molar-refractivity contribution in [3.63, 3.8) is 0 Å². The van der Waals surface area contributed by atoms with Crippen LogP contribution in [0.5, 0.6) is 0 Å². The van der Waals surface area contributed by atoms with Crippen LogP contribution in [0.3, 0.4) is 0 Å². The topological polar surface area (TPSA) is 15.3 Å². The third kappa shape index (κ3) is 3.43. The number of anilines is 1. The van der Waals surface area contributed by atoms with E-state index < -0.39 is 0 Å². The van der Waals surface area contributed by atoms with Crippen LogP contribution in [0, 0.1) is 5.82 Å². The van der Waals surface area contributed by atoms with E-state index in [9.17, 15) is 4.39 Å². The van der Waals surface area contributed by atoms with E-state index in [1.165, 1.54) is 6.07 Å². The summed E-state index contributed by atoms with van der Waals surface area (Å²) in [7, 11) is 0. The highest BCUT2D eigenvalue weighted by Gasteiger charge is 2.14. The molecule has 1 atom stereocenters. The summed E-state index contributed by atoms with van der Waals surface area (Å²) in [5, 5.41) is 3.55. The molecule has 0 aliphatic carbocycles. The minimum absolute atomic E-state index is 0.144. The molecular formula is C14H21FN2. The lowest BCUT2D eigenvalue weighted by molar-refractivity contribution is 0.439. The zero-order valence-corrected chi connectivity index (χ0v) is 10.5. The molecular weight excluding hydrogens is 215 g/mol. The summed E-state index contributed by atoms with van der Waals surface area (Å²) in [6.07, 6.45) is 3.41. The molecule has 0 radical (unpaired) electrons. The van der Waals surface area contributed by atoms with Gasteiger partial charge in [0.1, 0.15) is 5.82 Å². The third-order valence-electron chi connectivity index (χ3n) is 3.45. The van der Waals surface area contributed by atoms with E-state index in [0.717, 1.165) is 44.6 Å². The maximum atomic E-state index is 13.2. The fourth-order valence-corrected chi connectivity index (χ4v) is 2.38. The van der Waals surface area contributed by atoms with Crippen LogP contribution >= 0.6 is 0 Å². The molecule has 1 unspecified atom stereocenters. The fraction of sp³-hybridized carbons (Fsp3) is 0.571. The number of hydrogen-bond acceptors (Lipinski definition) is 2. The van der Waals surface area contributed by atoms with Crippen molar-refractivity contribution >= 4 is 5.69 Å². The minimum atomic E-state index is -0.144. The Kier molecular flexibility index (Phi) is 4.37. The van der Waals surface area contributed by atoms with Crippen LogP contribution in [0.2, 0.25) is 0 Å². The van der Waals surface area contributed by atoms with Crippen molar-refractivity contribution in [2.75, 3.05) is 24.5 Å². The molecule has 0 saturated carbocycles. The first-order valence-electron chi connectivity index (χ1n) is 6.53. The normalized spacial score (nSPS) is 22.0. The van der Waals surface area contributed by atoms with E-state index in [0.29, 0.717) is 6.04 Å². The zero-order valence-electron chi connectivity index (χ0n) is 10.5. The van der Waals surface area contributed by atoms with Crippen molar-refractivity contribution in [2.45, 2.75) is 32.2 Å². The Balaban J connectivity index is 2.04. The second-order valence-electron chi connectivity index (χ2n) is 4.67. The molecule has 1 heterocycles. The van der Waals surface area contributed by atoms with Gasteiger partial charge in [0.25, 0.3) is 0 Å². The highest BCUT2D eigenvalue weighted by atomic mass is 19.1. The summed E-state index contributed by atoms with van der Waals surface area (Å²) >= 11 is 0. The summed E-state index contributed by atoms with van der Waals surface area (Å²) in [4.78, 5) is 2.30. The molecule has 1 N–H and O–H groups in total. The van der Waals surface area contributed by atoms with Gasteiger partial charge in [-0.25, -0.2) is 4.39 Å². The number of benzene rings is 1. The molecule has 0 spiro atoms. The first kappa shape index (κ1) is 12.4. The zero-order chi connectivity index (χ0) is 12.1. The van der Waals surface area contributed by atoms with Gasteiger partial charge in [-0.05, 0) is 44.0 Å². The predicted octanol–water partition coefficient (Wildman–Crippen LogP) is 2.79. The molecule has 0 aromatic heterocycles. The molecule has 0 bridgehead atoms. The molecule has 3 heteroatoms. The van der Waals surface area contributed by atoms with Gasteiger partial charge in [-0.3, -0.25) is 0 Å². The van der Waals surface area contributed by atoms with Gasteiger partial charge in [-0.1, -0.05) is 13.0 Å². The maximum absolute atomic E-state index is 13.2. The minimum Gasteiger partial charge on any atom is -0.371 e. The molecule has 2 nitrogen and oxygen atoms in total. The first-order valence-corrected chi connectivity index (χ1v) is 6.53. The SMILES string of the molecule is CCC1CCN(c2cccc(F)c2)CCCN1. The highest BCUT2D eigenvalue weighted by Crippen LogP contribution is 2.18. The number of rotatable bonds is 2. The quantitative estimate of drug-likeness (QED) is 0.849. The Morgan fingerprint density at radius 2 is 2.29 bits per heavy atom. The van der Waals surface area contributed by atoms with Gasteiger partial charge in [-0.15, -0.1) is 0 Å². The Hall–Kier alpha value is -1.09. The van der Waals surface area contributed by atoms with Crippen molar-refractivity contribution in [3.05, 3.63) is 30.1 Å². The van der Waals surface area contributed by atoms with Crippen LogP contribution in [-0.2, 0) is 0 Å². The van der Waals surface area contributed by atoms with Crippen molar-refractivity contribution in [2.24, 2.45) is 0 Å². The van der Waals surface area contributed by atoms with Crippen LogP contribution in [0.4, 0.5) is 10.1 Å². The van der Waals surface area contributed by atoms with Gasteiger partial charge in [-0.2, -0.15) is 0 Å². The average molecular weight is 236 g/mol. The molecule has 17 heavy (non-hydrogen) atoms. The van der Waals surface area contributed by atoms with Crippen molar-refractivity contribution in [1.29, 1.82) is 0 Å². The van der Waals surface area contributed by atoms with Gasteiger partial charge in [0.15, 0.2) is 0 Å². The Labute approximate surface area is 103 Å². The first-order chi connectivity index (χ1) is 8.29. The Morgan fingerprint density at radius 1 is 1.41 bits per heavy atom. The van der Waals surface area contributed by atoms with Gasteiger partial charge < -0.3 is 10.2 Å². The van der Waals surface area contributed by atoms with E-state index >= 15 is 0 Å². The van der Waals surface area contributed by atoms with E-state index in [-0.39, 0.29) is 5.82 Å². The highest BCUT2D eigenvalue weighted by molar-refractivity contribution is 5.46. The lowest BCUT2D eigenvalue weighted by atomic mass is 10.1. The van der Waals surface area contributed by atoms with Gasteiger partial charge in [0.05, 0.1) is 0 Å². The summed E-state index contributed by atoms with van der Waals surface area (Å²) in [5.74, 6) is -0.144. The van der Waals surface area contributed by atoms with Crippen molar-refractivity contribution in [1.82, 2.24) is 5.32 Å². The predicted molar refractivity (Wildman–Crippen MR) is 69.9 cm³/mol. The molecule has 1 aromatic carbocycles. The van der Waals surface area contributed by atoms with Crippen LogP contribution in [-0.4, -0.2) is 25.7 Å². The van der Waals surface area contributed by atoms with E-state index in [1.807, 2.05) is 6.07 Å². The maximum Gasteiger partial charge on any atom is 0.125 e. The van der Waals surface area contributed by atoms with E-state index in [1.54, 1.807) is 12.1 Å². The molecule has 94 valence electrons.